The highest BCUT2D eigenvalue weighted by atomic mass is 16.3. The molecule has 0 aliphatic carbocycles. The first-order chi connectivity index (χ1) is 7.77. The van der Waals surface area contributed by atoms with Crippen LogP contribution in [0.4, 0.5) is 0 Å². The summed E-state index contributed by atoms with van der Waals surface area (Å²) >= 11 is 0. The van der Waals surface area contributed by atoms with E-state index in [1.807, 2.05) is 0 Å². The van der Waals surface area contributed by atoms with Crippen LogP contribution in [0.2, 0.25) is 0 Å². The van der Waals surface area contributed by atoms with Crippen LogP contribution >= 0.6 is 0 Å². The van der Waals surface area contributed by atoms with Crippen LogP contribution in [-0.4, -0.2) is 32.8 Å². The molecular formula is C9H11N5O2. The first-order valence-electron chi connectivity index (χ1n) is 4.80. The molecule has 2 aromatic rings. The molecule has 0 fully saturated rings. The number of H-pyrrole nitrogens is 1. The normalized spacial score (nSPS) is 10.3. The molecule has 7 heteroatoms. The molecule has 2 heterocycles. The zero-order valence-corrected chi connectivity index (χ0v) is 8.73. The number of aryl methyl sites for hydroxylation is 1. The van der Waals surface area contributed by atoms with Crippen molar-refractivity contribution in [2.45, 2.75) is 13.3 Å². The van der Waals surface area contributed by atoms with Gasteiger partial charge in [0.05, 0.1) is 11.9 Å². The number of hydrogen-bond acceptors (Lipinski definition) is 5. The lowest BCUT2D eigenvalue weighted by molar-refractivity contribution is 0.0948. The maximum Gasteiger partial charge on any atom is 0.273 e. The number of amides is 1. The Morgan fingerprint density at radius 3 is 3.12 bits per heavy atom. The van der Waals surface area contributed by atoms with E-state index in [1.165, 1.54) is 6.39 Å². The molecule has 0 saturated carbocycles. The number of nitrogens with one attached hydrogen (secondary N) is 2. The van der Waals surface area contributed by atoms with Crippen LogP contribution in [-0.2, 0) is 6.42 Å². The van der Waals surface area contributed by atoms with Gasteiger partial charge in [-0.05, 0) is 6.92 Å². The lowest BCUT2D eigenvalue weighted by atomic mass is 10.3. The molecule has 0 radical (unpaired) electrons. The molecule has 0 aliphatic heterocycles. The molecule has 2 N–H and O–H groups in total. The number of rotatable bonds is 4. The predicted octanol–water partition coefficient (Wildman–Crippen LogP) is 0.0736. The maximum atomic E-state index is 11.6. The molecule has 0 atom stereocenters. The summed E-state index contributed by atoms with van der Waals surface area (Å²) in [4.78, 5) is 15.4. The van der Waals surface area contributed by atoms with Gasteiger partial charge in [-0.1, -0.05) is 0 Å². The third-order valence-corrected chi connectivity index (χ3v) is 2.09. The first-order valence-corrected chi connectivity index (χ1v) is 4.80. The minimum atomic E-state index is -0.241. The maximum absolute atomic E-state index is 11.6. The van der Waals surface area contributed by atoms with Gasteiger partial charge in [0.25, 0.3) is 5.91 Å². The Morgan fingerprint density at radius 1 is 1.62 bits per heavy atom. The van der Waals surface area contributed by atoms with Crippen molar-refractivity contribution in [2.75, 3.05) is 6.54 Å². The lowest BCUT2D eigenvalue weighted by Crippen LogP contribution is -2.26. The van der Waals surface area contributed by atoms with Crippen LogP contribution in [0, 0.1) is 6.92 Å². The topological polar surface area (TPSA) is 96.7 Å². The molecule has 0 unspecified atom stereocenters. The summed E-state index contributed by atoms with van der Waals surface area (Å²) < 4.78 is 4.94. The molecule has 1 amide bonds. The van der Waals surface area contributed by atoms with E-state index in [2.05, 4.69) is 25.7 Å². The molecule has 16 heavy (non-hydrogen) atoms. The molecule has 0 aromatic carbocycles. The Labute approximate surface area is 91.3 Å². The van der Waals surface area contributed by atoms with Crippen molar-refractivity contribution in [3.63, 3.8) is 0 Å². The molecule has 2 rings (SSSR count). The summed E-state index contributed by atoms with van der Waals surface area (Å²) in [6, 6.07) is 0. The Balaban J connectivity index is 1.83. The van der Waals surface area contributed by atoms with Gasteiger partial charge in [0.1, 0.15) is 5.76 Å². The van der Waals surface area contributed by atoms with E-state index in [0.717, 1.165) is 5.69 Å². The molecule has 2 aromatic heterocycles. The summed E-state index contributed by atoms with van der Waals surface area (Å²) in [7, 11) is 0. The van der Waals surface area contributed by atoms with Crippen molar-refractivity contribution < 1.29 is 9.21 Å². The monoisotopic (exact) mass is 221 g/mol. The zero-order chi connectivity index (χ0) is 11.4. The SMILES string of the molecule is Cc1ocnc1C(=O)NCCc1cn[nH]n1. The summed E-state index contributed by atoms with van der Waals surface area (Å²) in [5.74, 6) is 0.272. The van der Waals surface area contributed by atoms with Crippen LogP contribution in [0.25, 0.3) is 0 Å². The van der Waals surface area contributed by atoms with Gasteiger partial charge in [-0.25, -0.2) is 4.98 Å². The fourth-order valence-electron chi connectivity index (χ4n) is 1.26. The van der Waals surface area contributed by atoms with E-state index in [9.17, 15) is 4.79 Å². The largest absolute Gasteiger partial charge is 0.448 e. The molecule has 7 nitrogen and oxygen atoms in total. The molecule has 0 aliphatic rings. The second kappa shape index (κ2) is 4.56. The number of carbonyl (C=O) groups excluding carboxylic acids is 1. The number of aromatic nitrogens is 4. The second-order valence-electron chi connectivity index (χ2n) is 3.22. The number of hydrogen-bond donors (Lipinski definition) is 2. The number of oxazole rings is 1. The van der Waals surface area contributed by atoms with E-state index in [-0.39, 0.29) is 5.91 Å². The van der Waals surface area contributed by atoms with E-state index in [1.54, 1.807) is 13.1 Å². The van der Waals surface area contributed by atoms with Gasteiger partial charge < -0.3 is 9.73 Å². The number of nitrogens with zero attached hydrogens (tertiary/aromatic N) is 3. The summed E-state index contributed by atoms with van der Waals surface area (Å²) in [5.41, 5.74) is 1.12. The Hall–Kier alpha value is -2.18. The van der Waals surface area contributed by atoms with Crippen molar-refractivity contribution >= 4 is 5.91 Å². The number of carbonyl (C=O) groups is 1. The van der Waals surface area contributed by atoms with Gasteiger partial charge >= 0.3 is 0 Å². The van der Waals surface area contributed by atoms with Crippen LogP contribution in [0.3, 0.4) is 0 Å². The summed E-state index contributed by atoms with van der Waals surface area (Å²) in [6.07, 6.45) is 3.49. The van der Waals surface area contributed by atoms with Crippen molar-refractivity contribution in [3.8, 4) is 0 Å². The van der Waals surface area contributed by atoms with Gasteiger partial charge in [0.15, 0.2) is 12.1 Å². The van der Waals surface area contributed by atoms with Crippen LogP contribution in [0.1, 0.15) is 21.9 Å². The van der Waals surface area contributed by atoms with Crippen molar-refractivity contribution in [1.29, 1.82) is 0 Å². The standard InChI is InChI=1S/C9H11N5O2/c1-6-8(11-5-16-6)9(15)10-3-2-7-4-12-14-13-7/h4-5H,2-3H2,1H3,(H,10,15)(H,12,13,14). The summed E-state index contributed by atoms with van der Waals surface area (Å²) in [5, 5.41) is 12.8. The van der Waals surface area contributed by atoms with Crippen LogP contribution < -0.4 is 5.32 Å². The number of aromatic amines is 1. The minimum absolute atomic E-state index is 0.241. The van der Waals surface area contributed by atoms with Crippen LogP contribution in [0.15, 0.2) is 17.0 Å². The Bertz CT molecular complexity index is 462. The molecule has 0 bridgehead atoms. The average Bonchev–Trinajstić information content (AvgIpc) is 2.88. The first kappa shape index (κ1) is 10.3. The van der Waals surface area contributed by atoms with Crippen molar-refractivity contribution in [1.82, 2.24) is 25.7 Å². The van der Waals surface area contributed by atoms with Gasteiger partial charge in [0, 0.05) is 13.0 Å². The molecule has 0 saturated heterocycles. The zero-order valence-electron chi connectivity index (χ0n) is 8.73. The second-order valence-corrected chi connectivity index (χ2v) is 3.22. The predicted molar refractivity (Wildman–Crippen MR) is 53.7 cm³/mol. The van der Waals surface area contributed by atoms with Gasteiger partial charge in [0.2, 0.25) is 0 Å². The third-order valence-electron chi connectivity index (χ3n) is 2.09. The van der Waals surface area contributed by atoms with Crippen LogP contribution in [0.5, 0.6) is 0 Å². The van der Waals surface area contributed by atoms with Gasteiger partial charge in [-0.3, -0.25) is 4.79 Å². The Kier molecular flexibility index (Phi) is 2.95. The third kappa shape index (κ3) is 2.25. The quantitative estimate of drug-likeness (QED) is 0.761. The Morgan fingerprint density at radius 2 is 2.50 bits per heavy atom. The fraction of sp³-hybridized carbons (Fsp3) is 0.333. The molecule has 0 spiro atoms. The fourth-order valence-corrected chi connectivity index (χ4v) is 1.26. The van der Waals surface area contributed by atoms with Gasteiger partial charge in [-0.2, -0.15) is 15.4 Å². The van der Waals surface area contributed by atoms with E-state index < -0.39 is 0 Å². The molecular weight excluding hydrogens is 210 g/mol. The highest BCUT2D eigenvalue weighted by Crippen LogP contribution is 2.03. The van der Waals surface area contributed by atoms with Crippen molar-refractivity contribution in [3.05, 3.63) is 29.7 Å². The van der Waals surface area contributed by atoms with Gasteiger partial charge in [-0.15, -0.1) is 0 Å². The van der Waals surface area contributed by atoms with E-state index in [0.29, 0.717) is 24.4 Å². The molecule has 84 valence electrons. The van der Waals surface area contributed by atoms with E-state index in [4.69, 9.17) is 4.42 Å². The smallest absolute Gasteiger partial charge is 0.273 e. The highest BCUT2D eigenvalue weighted by molar-refractivity contribution is 5.92. The minimum Gasteiger partial charge on any atom is -0.448 e. The average molecular weight is 221 g/mol. The highest BCUT2D eigenvalue weighted by Gasteiger charge is 2.12. The van der Waals surface area contributed by atoms with E-state index >= 15 is 0 Å². The lowest BCUT2D eigenvalue weighted by Gasteiger charge is -2.00. The van der Waals surface area contributed by atoms with Crippen molar-refractivity contribution in [2.24, 2.45) is 0 Å². The summed E-state index contributed by atoms with van der Waals surface area (Å²) in [6.45, 7) is 2.18.